The maximum Gasteiger partial charge on any atom is 0.279 e. The standard InChI is InChI=1S/C14H23N3O2S.ClH/c1-12-6-5-9-17(11-12)20(18,19)16-10-14(15)13-7-3-2-4-8-13;/h2-4,7-8,12,14,16H,5-6,9-11,15H2,1H3;1H. The fourth-order valence-corrected chi connectivity index (χ4v) is 3.86. The highest BCUT2D eigenvalue weighted by Gasteiger charge is 2.27. The van der Waals surface area contributed by atoms with Crippen molar-refractivity contribution in [2.75, 3.05) is 19.6 Å². The SMILES string of the molecule is CC1CCCN(S(=O)(=O)NCC(N)c2ccccc2)C1.Cl. The molecule has 3 N–H and O–H groups in total. The van der Waals surface area contributed by atoms with Crippen molar-refractivity contribution >= 4 is 22.6 Å². The Morgan fingerprint density at radius 3 is 2.67 bits per heavy atom. The minimum absolute atomic E-state index is 0. The number of piperidine rings is 1. The second kappa shape index (κ2) is 8.10. The van der Waals surface area contributed by atoms with Gasteiger partial charge in [0, 0.05) is 25.7 Å². The number of benzene rings is 1. The zero-order valence-corrected chi connectivity index (χ0v) is 13.9. The van der Waals surface area contributed by atoms with E-state index in [4.69, 9.17) is 5.73 Å². The Kier molecular flexibility index (Phi) is 7.09. The molecule has 7 heteroatoms. The van der Waals surface area contributed by atoms with Gasteiger partial charge in [0.25, 0.3) is 10.2 Å². The highest BCUT2D eigenvalue weighted by Crippen LogP contribution is 2.18. The first kappa shape index (κ1) is 18.4. The number of rotatable bonds is 5. The zero-order chi connectivity index (χ0) is 14.6. The highest BCUT2D eigenvalue weighted by atomic mass is 35.5. The third-order valence-corrected chi connectivity index (χ3v) is 5.22. The van der Waals surface area contributed by atoms with Crippen molar-refractivity contribution in [3.8, 4) is 0 Å². The summed E-state index contributed by atoms with van der Waals surface area (Å²) in [5.41, 5.74) is 6.95. The first-order chi connectivity index (χ1) is 9.49. The molecule has 1 heterocycles. The lowest BCUT2D eigenvalue weighted by Crippen LogP contribution is -2.47. The van der Waals surface area contributed by atoms with Gasteiger partial charge in [0.15, 0.2) is 0 Å². The minimum atomic E-state index is -3.42. The van der Waals surface area contributed by atoms with Crippen molar-refractivity contribution in [2.45, 2.75) is 25.8 Å². The van der Waals surface area contributed by atoms with Crippen molar-refractivity contribution in [2.24, 2.45) is 11.7 Å². The summed E-state index contributed by atoms with van der Waals surface area (Å²) in [7, 11) is -3.42. The molecule has 1 saturated heterocycles. The number of nitrogens with two attached hydrogens (primary N) is 1. The maximum absolute atomic E-state index is 12.2. The van der Waals surface area contributed by atoms with Crippen LogP contribution in [-0.2, 0) is 10.2 Å². The Labute approximate surface area is 133 Å². The summed E-state index contributed by atoms with van der Waals surface area (Å²) in [6, 6.07) is 9.19. The predicted molar refractivity (Wildman–Crippen MR) is 87.5 cm³/mol. The Bertz CT molecular complexity index is 524. The van der Waals surface area contributed by atoms with E-state index in [-0.39, 0.29) is 25.0 Å². The smallest absolute Gasteiger partial charge is 0.279 e. The number of nitrogens with zero attached hydrogens (tertiary/aromatic N) is 1. The lowest BCUT2D eigenvalue weighted by Gasteiger charge is -2.30. The molecule has 0 saturated carbocycles. The molecule has 120 valence electrons. The monoisotopic (exact) mass is 333 g/mol. The van der Waals surface area contributed by atoms with E-state index >= 15 is 0 Å². The van der Waals surface area contributed by atoms with Crippen LogP contribution in [0, 0.1) is 5.92 Å². The summed E-state index contributed by atoms with van der Waals surface area (Å²) in [6.45, 7) is 3.49. The molecule has 2 rings (SSSR count). The molecule has 0 spiro atoms. The van der Waals surface area contributed by atoms with E-state index in [1.54, 1.807) is 0 Å². The first-order valence-electron chi connectivity index (χ1n) is 7.04. The molecular formula is C14H24ClN3O2S. The lowest BCUT2D eigenvalue weighted by molar-refractivity contribution is 0.278. The average molecular weight is 334 g/mol. The molecule has 0 aliphatic carbocycles. The summed E-state index contributed by atoms with van der Waals surface area (Å²) in [5.74, 6) is 0.420. The van der Waals surface area contributed by atoms with Crippen LogP contribution in [-0.4, -0.2) is 32.4 Å². The van der Waals surface area contributed by atoms with Crippen molar-refractivity contribution in [3.63, 3.8) is 0 Å². The second-order valence-electron chi connectivity index (χ2n) is 5.48. The molecule has 5 nitrogen and oxygen atoms in total. The molecule has 0 aromatic heterocycles. The van der Waals surface area contributed by atoms with Gasteiger partial charge >= 0.3 is 0 Å². The van der Waals surface area contributed by atoms with E-state index in [2.05, 4.69) is 11.6 Å². The van der Waals surface area contributed by atoms with Gasteiger partial charge in [-0.3, -0.25) is 0 Å². The van der Waals surface area contributed by atoms with Crippen molar-refractivity contribution in [3.05, 3.63) is 35.9 Å². The summed E-state index contributed by atoms with van der Waals surface area (Å²) in [5, 5.41) is 0. The minimum Gasteiger partial charge on any atom is -0.323 e. The molecule has 1 aliphatic heterocycles. The fraction of sp³-hybridized carbons (Fsp3) is 0.571. The molecular weight excluding hydrogens is 310 g/mol. The third kappa shape index (κ3) is 5.23. The fourth-order valence-electron chi connectivity index (χ4n) is 2.47. The topological polar surface area (TPSA) is 75.4 Å². The van der Waals surface area contributed by atoms with Crippen LogP contribution < -0.4 is 10.5 Å². The normalized spacial score (nSPS) is 21.5. The summed E-state index contributed by atoms with van der Waals surface area (Å²) in [6.07, 6.45) is 2.02. The van der Waals surface area contributed by atoms with Gasteiger partial charge in [0.05, 0.1) is 0 Å². The van der Waals surface area contributed by atoms with Gasteiger partial charge in [-0.05, 0) is 24.3 Å². The number of halogens is 1. The summed E-state index contributed by atoms with van der Waals surface area (Å²) < 4.78 is 28.6. The molecule has 0 bridgehead atoms. The molecule has 2 unspecified atom stereocenters. The van der Waals surface area contributed by atoms with Crippen molar-refractivity contribution in [1.29, 1.82) is 0 Å². The van der Waals surface area contributed by atoms with Crippen LogP contribution in [0.1, 0.15) is 31.4 Å². The summed E-state index contributed by atoms with van der Waals surface area (Å²) >= 11 is 0. The van der Waals surface area contributed by atoms with Crippen LogP contribution in [0.2, 0.25) is 0 Å². The van der Waals surface area contributed by atoms with E-state index < -0.39 is 10.2 Å². The van der Waals surface area contributed by atoms with Crippen LogP contribution in [0.25, 0.3) is 0 Å². The van der Waals surface area contributed by atoms with Gasteiger partial charge in [-0.25, -0.2) is 4.72 Å². The van der Waals surface area contributed by atoms with Crippen molar-refractivity contribution in [1.82, 2.24) is 9.03 Å². The molecule has 21 heavy (non-hydrogen) atoms. The van der Waals surface area contributed by atoms with Crippen LogP contribution in [0.5, 0.6) is 0 Å². The lowest BCUT2D eigenvalue weighted by atomic mass is 10.0. The Morgan fingerprint density at radius 1 is 1.38 bits per heavy atom. The van der Waals surface area contributed by atoms with E-state index in [1.807, 2.05) is 30.3 Å². The van der Waals surface area contributed by atoms with Crippen LogP contribution in [0.15, 0.2) is 30.3 Å². The van der Waals surface area contributed by atoms with E-state index in [9.17, 15) is 8.42 Å². The van der Waals surface area contributed by atoms with E-state index in [0.717, 1.165) is 18.4 Å². The van der Waals surface area contributed by atoms with Gasteiger partial charge in [0.1, 0.15) is 0 Å². The maximum atomic E-state index is 12.2. The van der Waals surface area contributed by atoms with E-state index in [1.165, 1.54) is 4.31 Å². The largest absolute Gasteiger partial charge is 0.323 e. The zero-order valence-electron chi connectivity index (χ0n) is 12.2. The van der Waals surface area contributed by atoms with Crippen LogP contribution in [0.3, 0.4) is 0 Å². The first-order valence-corrected chi connectivity index (χ1v) is 8.48. The Balaban J connectivity index is 0.00000220. The molecule has 1 aromatic rings. The number of nitrogens with one attached hydrogen (secondary N) is 1. The van der Waals surface area contributed by atoms with Gasteiger partial charge in [-0.2, -0.15) is 12.7 Å². The molecule has 1 fully saturated rings. The Morgan fingerprint density at radius 2 is 2.05 bits per heavy atom. The van der Waals surface area contributed by atoms with Crippen LogP contribution in [0.4, 0.5) is 0 Å². The second-order valence-corrected chi connectivity index (χ2v) is 7.23. The number of hydrogen-bond donors (Lipinski definition) is 2. The molecule has 1 aliphatic rings. The van der Waals surface area contributed by atoms with Gasteiger partial charge < -0.3 is 5.73 Å². The summed E-state index contributed by atoms with van der Waals surface area (Å²) in [4.78, 5) is 0. The van der Waals surface area contributed by atoms with E-state index in [0.29, 0.717) is 19.0 Å². The van der Waals surface area contributed by atoms with Crippen LogP contribution >= 0.6 is 12.4 Å². The molecule has 0 radical (unpaired) electrons. The quantitative estimate of drug-likeness (QED) is 0.860. The molecule has 0 amide bonds. The third-order valence-electron chi connectivity index (χ3n) is 3.67. The predicted octanol–water partition coefficient (Wildman–Crippen LogP) is 1.67. The molecule has 1 aromatic carbocycles. The van der Waals surface area contributed by atoms with Gasteiger partial charge in [-0.15, -0.1) is 12.4 Å². The highest BCUT2D eigenvalue weighted by molar-refractivity contribution is 7.87. The number of hydrogen-bond acceptors (Lipinski definition) is 3. The van der Waals surface area contributed by atoms with Crippen molar-refractivity contribution < 1.29 is 8.42 Å². The van der Waals surface area contributed by atoms with Gasteiger partial charge in [-0.1, -0.05) is 37.3 Å². The average Bonchev–Trinajstić information content (AvgIpc) is 2.46. The molecule has 2 atom stereocenters. The van der Waals surface area contributed by atoms with Gasteiger partial charge in [0.2, 0.25) is 0 Å². The Hall–Kier alpha value is -0.660.